The third-order valence-corrected chi connectivity index (χ3v) is 7.86. The van der Waals surface area contributed by atoms with Crippen molar-refractivity contribution in [1.82, 2.24) is 23.9 Å². The number of aromatic nitrogens is 5. The highest BCUT2D eigenvalue weighted by atomic mass is 15.1. The summed E-state index contributed by atoms with van der Waals surface area (Å²) in [5.41, 5.74) is 11.7. The first kappa shape index (κ1) is 20.4. The van der Waals surface area contributed by atoms with Gasteiger partial charge in [-0.15, -0.1) is 0 Å². The normalized spacial score (nSPS) is 13.9. The standard InChI is InChI=1S/C32H23N5/c1-32(2)25-8-4-3-7-22(25)23-14-15-24-29-27(9-5-16-33-29)37(30(24)28(23)32)21-12-10-20(11-13-21)26-19-36-18-6-17-34-31(36)35-26/h3-19H,1-2H3. The fourth-order valence-corrected chi connectivity index (χ4v) is 6.19. The fraction of sp³-hybridized carbons (Fsp3) is 0.0938. The van der Waals surface area contributed by atoms with Gasteiger partial charge < -0.3 is 4.57 Å². The van der Waals surface area contributed by atoms with Gasteiger partial charge in [-0.2, -0.15) is 0 Å². The van der Waals surface area contributed by atoms with Crippen LogP contribution in [0.25, 0.3) is 55.8 Å². The smallest absolute Gasteiger partial charge is 0.234 e. The van der Waals surface area contributed by atoms with Crippen LogP contribution in [0.3, 0.4) is 0 Å². The Bertz CT molecular complexity index is 1970. The predicted octanol–water partition coefficient (Wildman–Crippen LogP) is 7.19. The van der Waals surface area contributed by atoms with Crippen LogP contribution in [0.4, 0.5) is 0 Å². The molecular weight excluding hydrogens is 454 g/mol. The zero-order valence-corrected chi connectivity index (χ0v) is 20.6. The van der Waals surface area contributed by atoms with E-state index in [-0.39, 0.29) is 5.41 Å². The number of hydrogen-bond acceptors (Lipinski definition) is 3. The lowest BCUT2D eigenvalue weighted by molar-refractivity contribution is 0.664. The van der Waals surface area contributed by atoms with Crippen LogP contribution in [0.2, 0.25) is 0 Å². The molecule has 0 amide bonds. The molecule has 7 aromatic rings. The highest BCUT2D eigenvalue weighted by molar-refractivity contribution is 6.11. The molecule has 0 saturated carbocycles. The summed E-state index contributed by atoms with van der Waals surface area (Å²) in [6.07, 6.45) is 7.65. The summed E-state index contributed by atoms with van der Waals surface area (Å²) in [4.78, 5) is 13.9. The van der Waals surface area contributed by atoms with Crippen molar-refractivity contribution in [1.29, 1.82) is 0 Å². The minimum absolute atomic E-state index is 0.124. The lowest BCUT2D eigenvalue weighted by Crippen LogP contribution is -2.16. The molecule has 1 aliphatic rings. The Morgan fingerprint density at radius 3 is 2.46 bits per heavy atom. The maximum absolute atomic E-state index is 4.83. The van der Waals surface area contributed by atoms with Gasteiger partial charge in [0, 0.05) is 46.8 Å². The molecule has 0 N–H and O–H groups in total. The lowest BCUT2D eigenvalue weighted by Gasteiger charge is -2.23. The molecule has 0 unspecified atom stereocenters. The topological polar surface area (TPSA) is 48.0 Å². The van der Waals surface area contributed by atoms with Crippen molar-refractivity contribution in [2.45, 2.75) is 19.3 Å². The van der Waals surface area contributed by atoms with Crippen LogP contribution in [0.5, 0.6) is 0 Å². The van der Waals surface area contributed by atoms with Crippen molar-refractivity contribution < 1.29 is 0 Å². The van der Waals surface area contributed by atoms with Crippen molar-refractivity contribution in [2.75, 3.05) is 0 Å². The summed E-state index contributed by atoms with van der Waals surface area (Å²) < 4.78 is 4.34. The van der Waals surface area contributed by atoms with E-state index in [4.69, 9.17) is 9.97 Å². The minimum Gasteiger partial charge on any atom is -0.307 e. The zero-order chi connectivity index (χ0) is 24.7. The van der Waals surface area contributed by atoms with Gasteiger partial charge in [0.2, 0.25) is 5.78 Å². The van der Waals surface area contributed by atoms with Gasteiger partial charge in [-0.3, -0.25) is 9.38 Å². The van der Waals surface area contributed by atoms with E-state index >= 15 is 0 Å². The van der Waals surface area contributed by atoms with E-state index in [9.17, 15) is 0 Å². The minimum atomic E-state index is -0.124. The molecule has 4 aromatic heterocycles. The molecule has 5 nitrogen and oxygen atoms in total. The molecule has 37 heavy (non-hydrogen) atoms. The van der Waals surface area contributed by atoms with E-state index in [1.165, 1.54) is 33.2 Å². The molecule has 0 radical (unpaired) electrons. The average molecular weight is 478 g/mol. The Morgan fingerprint density at radius 2 is 1.59 bits per heavy atom. The first-order chi connectivity index (χ1) is 18.1. The number of hydrogen-bond donors (Lipinski definition) is 0. The number of benzene rings is 3. The van der Waals surface area contributed by atoms with Gasteiger partial charge in [-0.1, -0.05) is 56.3 Å². The third kappa shape index (κ3) is 2.71. The summed E-state index contributed by atoms with van der Waals surface area (Å²) in [6.45, 7) is 4.68. The number of fused-ring (bicyclic) bond motifs is 8. The zero-order valence-electron chi connectivity index (χ0n) is 20.6. The maximum atomic E-state index is 4.83. The Balaban J connectivity index is 1.39. The number of pyridine rings is 1. The summed E-state index contributed by atoms with van der Waals surface area (Å²) in [6, 6.07) is 28.1. The third-order valence-electron chi connectivity index (χ3n) is 7.86. The molecule has 5 heteroatoms. The largest absolute Gasteiger partial charge is 0.307 e. The van der Waals surface area contributed by atoms with Gasteiger partial charge in [0.25, 0.3) is 0 Å². The van der Waals surface area contributed by atoms with Gasteiger partial charge >= 0.3 is 0 Å². The molecule has 1 aliphatic carbocycles. The molecule has 4 heterocycles. The van der Waals surface area contributed by atoms with Gasteiger partial charge in [0.15, 0.2) is 0 Å². The van der Waals surface area contributed by atoms with Crippen molar-refractivity contribution >= 4 is 27.7 Å². The van der Waals surface area contributed by atoms with Crippen molar-refractivity contribution in [3.63, 3.8) is 0 Å². The maximum Gasteiger partial charge on any atom is 0.234 e. The van der Waals surface area contributed by atoms with Crippen LogP contribution in [-0.2, 0) is 5.41 Å². The van der Waals surface area contributed by atoms with Crippen molar-refractivity contribution in [2.24, 2.45) is 0 Å². The highest BCUT2D eigenvalue weighted by Gasteiger charge is 2.38. The number of nitrogens with zero attached hydrogens (tertiary/aromatic N) is 5. The molecule has 0 atom stereocenters. The monoisotopic (exact) mass is 477 g/mol. The number of imidazole rings is 1. The fourth-order valence-electron chi connectivity index (χ4n) is 6.19. The predicted molar refractivity (Wildman–Crippen MR) is 148 cm³/mol. The van der Waals surface area contributed by atoms with Crippen LogP contribution < -0.4 is 0 Å². The SMILES string of the molecule is CC1(C)c2ccccc2-c2ccc3c4ncccc4n(-c4ccc(-c5cn6cccnc6n5)cc4)c3c21. The molecule has 0 aliphatic heterocycles. The Morgan fingerprint density at radius 1 is 0.757 bits per heavy atom. The van der Waals surface area contributed by atoms with Crippen molar-refractivity contribution in [3.05, 3.63) is 115 Å². The van der Waals surface area contributed by atoms with Crippen LogP contribution in [0.15, 0.2) is 104 Å². The molecule has 3 aromatic carbocycles. The molecule has 0 spiro atoms. The quantitative estimate of drug-likeness (QED) is 0.265. The highest BCUT2D eigenvalue weighted by Crippen LogP contribution is 2.52. The molecule has 0 saturated heterocycles. The van der Waals surface area contributed by atoms with Crippen molar-refractivity contribution in [3.8, 4) is 28.1 Å². The summed E-state index contributed by atoms with van der Waals surface area (Å²) in [5.74, 6) is 0.701. The Labute approximate surface area is 213 Å². The molecule has 0 bridgehead atoms. The van der Waals surface area contributed by atoms with Crippen LogP contribution in [-0.4, -0.2) is 23.9 Å². The van der Waals surface area contributed by atoms with E-state index in [0.717, 1.165) is 28.0 Å². The summed E-state index contributed by atoms with van der Waals surface area (Å²) >= 11 is 0. The van der Waals surface area contributed by atoms with E-state index in [0.29, 0.717) is 5.78 Å². The van der Waals surface area contributed by atoms with E-state index < -0.39 is 0 Å². The average Bonchev–Trinajstić information content (AvgIpc) is 3.58. The molecule has 0 fully saturated rings. The van der Waals surface area contributed by atoms with E-state index in [2.05, 4.69) is 90.1 Å². The van der Waals surface area contributed by atoms with Gasteiger partial charge in [-0.25, -0.2) is 9.97 Å². The first-order valence-electron chi connectivity index (χ1n) is 12.5. The van der Waals surface area contributed by atoms with Crippen LogP contribution in [0.1, 0.15) is 25.0 Å². The Hall–Kier alpha value is -4.77. The van der Waals surface area contributed by atoms with Crippen LogP contribution in [0, 0.1) is 0 Å². The van der Waals surface area contributed by atoms with E-state index in [1.807, 2.05) is 35.1 Å². The van der Waals surface area contributed by atoms with E-state index in [1.54, 1.807) is 6.20 Å². The second kappa shape index (κ2) is 7.14. The molecule has 8 rings (SSSR count). The second-order valence-corrected chi connectivity index (χ2v) is 10.3. The summed E-state index contributed by atoms with van der Waals surface area (Å²) in [7, 11) is 0. The molecular formula is C32H23N5. The van der Waals surface area contributed by atoms with Gasteiger partial charge in [-0.05, 0) is 58.7 Å². The Kier molecular flexibility index (Phi) is 3.94. The first-order valence-corrected chi connectivity index (χ1v) is 12.5. The van der Waals surface area contributed by atoms with Gasteiger partial charge in [0.1, 0.15) is 0 Å². The lowest BCUT2D eigenvalue weighted by atomic mass is 9.81. The van der Waals surface area contributed by atoms with Crippen LogP contribution >= 0.6 is 0 Å². The summed E-state index contributed by atoms with van der Waals surface area (Å²) in [5, 5.41) is 1.19. The molecule has 176 valence electrons. The number of rotatable bonds is 2. The second-order valence-electron chi connectivity index (χ2n) is 10.3. The van der Waals surface area contributed by atoms with Gasteiger partial charge in [0.05, 0.1) is 22.2 Å².